The highest BCUT2D eigenvalue weighted by molar-refractivity contribution is 6.09. The van der Waals surface area contributed by atoms with Gasteiger partial charge >= 0.3 is 6.03 Å². The number of nitrogens with one attached hydrogen (secondary N) is 1. The van der Waals surface area contributed by atoms with Crippen molar-refractivity contribution in [3.05, 3.63) is 42.5 Å². The predicted octanol–water partition coefficient (Wildman–Crippen LogP) is 2.87. The Morgan fingerprint density at radius 3 is 2.55 bits per heavy atom. The van der Waals surface area contributed by atoms with Gasteiger partial charge in [-0.25, -0.2) is 4.79 Å². The van der Waals surface area contributed by atoms with Crippen LogP contribution in [0.2, 0.25) is 0 Å². The fourth-order valence-electron chi connectivity index (χ4n) is 2.29. The number of urea groups is 1. The van der Waals surface area contributed by atoms with Crippen molar-refractivity contribution in [2.75, 3.05) is 29.7 Å². The van der Waals surface area contributed by atoms with E-state index in [1.165, 1.54) is 14.2 Å². The van der Waals surface area contributed by atoms with Crippen LogP contribution < -0.4 is 25.0 Å². The second kappa shape index (κ2) is 5.45. The molecule has 0 saturated carbocycles. The summed E-state index contributed by atoms with van der Waals surface area (Å²) >= 11 is 0. The molecule has 0 radical (unpaired) electrons. The molecule has 0 aliphatic carbocycles. The molecule has 2 amide bonds. The second-order valence-corrected chi connectivity index (χ2v) is 4.59. The fourth-order valence-corrected chi connectivity index (χ4v) is 2.29. The summed E-state index contributed by atoms with van der Waals surface area (Å²) in [5.41, 5.74) is 1.33. The Morgan fingerprint density at radius 1 is 1.05 bits per heavy atom. The highest BCUT2D eigenvalue weighted by Crippen LogP contribution is 2.38. The van der Waals surface area contributed by atoms with E-state index in [1.54, 1.807) is 42.5 Å². The third kappa shape index (κ3) is 2.17. The lowest BCUT2D eigenvalue weighted by Gasteiger charge is -2.36. The van der Waals surface area contributed by atoms with Crippen LogP contribution in [0.3, 0.4) is 0 Å². The normalized spacial score (nSPS) is 13.5. The van der Waals surface area contributed by atoms with E-state index in [0.29, 0.717) is 28.6 Å². The molecule has 2 N–H and O–H groups in total. The van der Waals surface area contributed by atoms with E-state index >= 15 is 0 Å². The molecule has 0 spiro atoms. The first-order valence-electron chi connectivity index (χ1n) is 6.57. The third-order valence-corrected chi connectivity index (χ3v) is 3.36. The zero-order valence-corrected chi connectivity index (χ0v) is 12.1. The lowest BCUT2D eigenvalue weighted by Crippen LogP contribution is -2.51. The van der Waals surface area contributed by atoms with Gasteiger partial charge in [0.05, 0.1) is 19.9 Å². The van der Waals surface area contributed by atoms with Gasteiger partial charge in [-0.3, -0.25) is 5.21 Å². The van der Waals surface area contributed by atoms with Gasteiger partial charge in [0.15, 0.2) is 0 Å². The monoisotopic (exact) mass is 301 g/mol. The van der Waals surface area contributed by atoms with Crippen LogP contribution >= 0.6 is 0 Å². The Balaban J connectivity index is 2.10. The van der Waals surface area contributed by atoms with E-state index in [-0.39, 0.29) is 0 Å². The van der Waals surface area contributed by atoms with Crippen LogP contribution in [0, 0.1) is 0 Å². The van der Waals surface area contributed by atoms with Crippen molar-refractivity contribution >= 4 is 23.1 Å². The van der Waals surface area contributed by atoms with Gasteiger partial charge < -0.3 is 14.8 Å². The van der Waals surface area contributed by atoms with Crippen molar-refractivity contribution in [2.45, 2.75) is 0 Å². The number of hydrogen-bond acceptors (Lipinski definition) is 5. The zero-order chi connectivity index (χ0) is 15.7. The second-order valence-electron chi connectivity index (χ2n) is 4.59. The number of benzene rings is 2. The summed E-state index contributed by atoms with van der Waals surface area (Å²) in [6.45, 7) is 0. The predicted molar refractivity (Wildman–Crippen MR) is 81.8 cm³/mol. The van der Waals surface area contributed by atoms with Crippen molar-refractivity contribution < 1.29 is 19.5 Å². The first-order chi connectivity index (χ1) is 10.7. The van der Waals surface area contributed by atoms with Gasteiger partial charge in [0.1, 0.15) is 22.9 Å². The molecule has 1 aliphatic rings. The molecule has 22 heavy (non-hydrogen) atoms. The van der Waals surface area contributed by atoms with Gasteiger partial charge in [-0.15, -0.1) is 0 Å². The van der Waals surface area contributed by atoms with Crippen LogP contribution in [0.5, 0.6) is 11.5 Å². The summed E-state index contributed by atoms with van der Waals surface area (Å²) in [6.07, 6.45) is 0. The number of methoxy groups -OCH3 is 2. The Kier molecular flexibility index (Phi) is 3.48. The highest BCUT2D eigenvalue weighted by atomic mass is 16.6. The molecule has 7 nitrogen and oxygen atoms in total. The van der Waals surface area contributed by atoms with Gasteiger partial charge in [-0.05, 0) is 24.3 Å². The van der Waals surface area contributed by atoms with Gasteiger partial charge in [0, 0.05) is 6.07 Å². The van der Waals surface area contributed by atoms with Crippen LogP contribution in [0.15, 0.2) is 42.5 Å². The number of anilines is 3. The molecule has 2 aromatic rings. The number of hydrazine groups is 1. The smallest absolute Gasteiger partial charge is 0.347 e. The van der Waals surface area contributed by atoms with Crippen LogP contribution in [-0.2, 0) is 0 Å². The van der Waals surface area contributed by atoms with Crippen LogP contribution in [-0.4, -0.2) is 25.5 Å². The molecular weight excluding hydrogens is 286 g/mol. The van der Waals surface area contributed by atoms with Crippen LogP contribution in [0.1, 0.15) is 0 Å². The Labute approximate surface area is 127 Å². The van der Waals surface area contributed by atoms with E-state index in [2.05, 4.69) is 5.32 Å². The molecule has 0 unspecified atom stereocenters. The summed E-state index contributed by atoms with van der Waals surface area (Å²) in [4.78, 5) is 12.4. The van der Waals surface area contributed by atoms with Crippen molar-refractivity contribution in [3.8, 4) is 11.5 Å². The minimum Gasteiger partial charge on any atom is -0.497 e. The van der Waals surface area contributed by atoms with Gasteiger partial charge in [-0.2, -0.15) is 10.2 Å². The van der Waals surface area contributed by atoms with Crippen molar-refractivity contribution in [1.82, 2.24) is 0 Å². The van der Waals surface area contributed by atoms with Crippen molar-refractivity contribution in [1.29, 1.82) is 0 Å². The first kappa shape index (κ1) is 14.0. The molecule has 0 saturated heterocycles. The molecule has 0 atom stereocenters. The lowest BCUT2D eigenvalue weighted by molar-refractivity contribution is 0.220. The number of carbonyl (C=O) groups excluding carboxylic acids is 1. The molecule has 7 heteroatoms. The minimum atomic E-state index is -0.507. The maximum atomic E-state index is 12.4. The molecule has 0 bridgehead atoms. The molecule has 114 valence electrons. The molecule has 0 fully saturated rings. The summed E-state index contributed by atoms with van der Waals surface area (Å²) in [5.74, 6) is 0.963. The standard InChI is InChI=1S/C15H15N3O4/c1-21-10-7-8-14(22-2)13(9-10)17-15(19)16-11-5-3-4-6-12(11)18(17)20/h3-9,20H,1-2H3,(H,16,19). The summed E-state index contributed by atoms with van der Waals surface area (Å²) in [6, 6.07) is 11.4. The lowest BCUT2D eigenvalue weighted by atomic mass is 10.2. The summed E-state index contributed by atoms with van der Waals surface area (Å²) < 4.78 is 10.4. The SMILES string of the molecule is COc1ccc(OC)c(N2C(=O)Nc3ccccc3N2O)c1. The van der Waals surface area contributed by atoms with Gasteiger partial charge in [-0.1, -0.05) is 12.1 Å². The van der Waals surface area contributed by atoms with E-state index < -0.39 is 6.03 Å². The third-order valence-electron chi connectivity index (χ3n) is 3.36. The van der Waals surface area contributed by atoms with E-state index in [9.17, 15) is 10.0 Å². The number of nitrogens with zero attached hydrogens (tertiary/aromatic N) is 2. The maximum Gasteiger partial charge on any atom is 0.347 e. The molecule has 1 heterocycles. The molecule has 1 aliphatic heterocycles. The Hall–Kier alpha value is -2.93. The average Bonchev–Trinajstić information content (AvgIpc) is 2.54. The number of hydrogen-bond donors (Lipinski definition) is 2. The number of amides is 2. The molecular formula is C15H15N3O4. The number of para-hydroxylation sites is 2. The van der Waals surface area contributed by atoms with Crippen molar-refractivity contribution in [3.63, 3.8) is 0 Å². The zero-order valence-electron chi connectivity index (χ0n) is 12.1. The maximum absolute atomic E-state index is 12.4. The van der Waals surface area contributed by atoms with Gasteiger partial charge in [0.25, 0.3) is 0 Å². The van der Waals surface area contributed by atoms with Crippen molar-refractivity contribution in [2.24, 2.45) is 0 Å². The molecule has 3 rings (SSSR count). The van der Waals surface area contributed by atoms with E-state index in [4.69, 9.17) is 9.47 Å². The van der Waals surface area contributed by atoms with E-state index in [0.717, 1.165) is 10.2 Å². The number of fused-ring (bicyclic) bond motifs is 1. The largest absolute Gasteiger partial charge is 0.497 e. The number of ether oxygens (including phenoxy) is 2. The first-order valence-corrected chi connectivity index (χ1v) is 6.57. The number of carbonyl (C=O) groups is 1. The quantitative estimate of drug-likeness (QED) is 0.912. The Morgan fingerprint density at radius 2 is 1.82 bits per heavy atom. The average molecular weight is 301 g/mol. The van der Waals surface area contributed by atoms with Gasteiger partial charge in [0.2, 0.25) is 0 Å². The summed E-state index contributed by atoms with van der Waals surface area (Å²) in [5, 5.41) is 15.0. The number of rotatable bonds is 3. The topological polar surface area (TPSA) is 74.3 Å². The van der Waals surface area contributed by atoms with Crippen LogP contribution in [0.4, 0.5) is 21.9 Å². The van der Waals surface area contributed by atoms with Crippen LogP contribution in [0.25, 0.3) is 0 Å². The molecule has 0 aromatic heterocycles. The fraction of sp³-hybridized carbons (Fsp3) is 0.133. The Bertz CT molecular complexity index is 720. The summed E-state index contributed by atoms with van der Waals surface area (Å²) in [7, 11) is 3.01. The minimum absolute atomic E-state index is 0.358. The highest BCUT2D eigenvalue weighted by Gasteiger charge is 2.32. The van der Waals surface area contributed by atoms with E-state index in [1.807, 2.05) is 0 Å². The molecule has 2 aromatic carbocycles.